The van der Waals surface area contributed by atoms with Crippen molar-refractivity contribution in [2.45, 2.75) is 12.8 Å². The van der Waals surface area contributed by atoms with Gasteiger partial charge in [0.2, 0.25) is 5.91 Å². The van der Waals surface area contributed by atoms with Gasteiger partial charge in [0, 0.05) is 19.5 Å². The Balaban J connectivity index is 3.87. The van der Waals surface area contributed by atoms with Crippen LogP contribution in [0, 0.1) is 0 Å². The summed E-state index contributed by atoms with van der Waals surface area (Å²) in [6.45, 7) is 9.32. The monoisotopic (exact) mass is 196 g/mol. The van der Waals surface area contributed by atoms with E-state index in [-0.39, 0.29) is 5.91 Å². The van der Waals surface area contributed by atoms with Gasteiger partial charge in [-0.3, -0.25) is 4.79 Å². The number of rotatable bonds is 8. The van der Waals surface area contributed by atoms with Crippen molar-refractivity contribution < 1.29 is 4.79 Å². The summed E-state index contributed by atoms with van der Waals surface area (Å²) in [5.74, 6) is 0.167. The molecule has 0 aromatic carbocycles. The molecule has 0 saturated heterocycles. The van der Waals surface area contributed by atoms with E-state index in [0.717, 1.165) is 13.0 Å². The molecule has 3 heteroatoms. The van der Waals surface area contributed by atoms with E-state index in [4.69, 9.17) is 0 Å². The Kier molecular flexibility index (Phi) is 7.84. The van der Waals surface area contributed by atoms with E-state index in [9.17, 15) is 4.79 Å². The Morgan fingerprint density at radius 3 is 2.36 bits per heavy atom. The van der Waals surface area contributed by atoms with Crippen molar-refractivity contribution in [3.05, 3.63) is 25.3 Å². The van der Waals surface area contributed by atoms with E-state index in [2.05, 4.69) is 18.5 Å². The number of hydrogen-bond donors (Lipinski definition) is 1. The molecule has 0 aromatic rings. The van der Waals surface area contributed by atoms with Crippen LogP contribution < -0.4 is 5.32 Å². The fraction of sp³-hybridized carbons (Fsp3) is 0.545. The van der Waals surface area contributed by atoms with Crippen LogP contribution in [0.5, 0.6) is 0 Å². The maximum Gasteiger partial charge on any atom is 0.223 e. The molecular formula is C11H20N2O. The first kappa shape index (κ1) is 12.9. The van der Waals surface area contributed by atoms with Crippen molar-refractivity contribution >= 4 is 5.91 Å². The summed E-state index contributed by atoms with van der Waals surface area (Å²) < 4.78 is 0. The Hall–Kier alpha value is -1.09. The molecule has 0 atom stereocenters. The number of carbonyl (C=O) groups is 1. The number of amides is 1. The second-order valence-corrected chi connectivity index (χ2v) is 3.08. The largest absolute Gasteiger partial charge is 0.335 e. The SMILES string of the molecule is C=CCN(CC=C)C(=O)CCCNC. The predicted octanol–water partition coefficient (Wildman–Crippen LogP) is 1.19. The van der Waals surface area contributed by atoms with Crippen LogP contribution in [0.2, 0.25) is 0 Å². The van der Waals surface area contributed by atoms with Crippen LogP contribution in [0.25, 0.3) is 0 Å². The first-order valence-electron chi connectivity index (χ1n) is 4.90. The lowest BCUT2D eigenvalue weighted by atomic mass is 10.2. The quantitative estimate of drug-likeness (QED) is 0.467. The van der Waals surface area contributed by atoms with Gasteiger partial charge in [-0.25, -0.2) is 0 Å². The lowest BCUT2D eigenvalue weighted by Gasteiger charge is -2.19. The maximum atomic E-state index is 11.6. The van der Waals surface area contributed by atoms with Crippen LogP contribution in [-0.4, -0.2) is 37.5 Å². The standard InChI is InChI=1S/C11H20N2O/c1-4-9-13(10-5-2)11(14)7-6-8-12-3/h4-5,12H,1-2,6-10H2,3H3. The van der Waals surface area contributed by atoms with E-state index < -0.39 is 0 Å². The van der Waals surface area contributed by atoms with Crippen LogP contribution in [0.3, 0.4) is 0 Å². The molecular weight excluding hydrogens is 176 g/mol. The molecule has 3 nitrogen and oxygen atoms in total. The minimum atomic E-state index is 0.167. The summed E-state index contributed by atoms with van der Waals surface area (Å²) in [6, 6.07) is 0. The fourth-order valence-electron chi connectivity index (χ4n) is 1.16. The van der Waals surface area contributed by atoms with Crippen LogP contribution in [0.15, 0.2) is 25.3 Å². The molecule has 80 valence electrons. The van der Waals surface area contributed by atoms with Crippen molar-refractivity contribution in [3.63, 3.8) is 0 Å². The molecule has 1 N–H and O–H groups in total. The number of nitrogens with zero attached hydrogens (tertiary/aromatic N) is 1. The number of nitrogens with one attached hydrogen (secondary N) is 1. The molecule has 0 unspecified atom stereocenters. The first-order chi connectivity index (χ1) is 6.76. The Labute approximate surface area is 86.5 Å². The van der Waals surface area contributed by atoms with Gasteiger partial charge in [0.1, 0.15) is 0 Å². The van der Waals surface area contributed by atoms with Crippen LogP contribution in [0.4, 0.5) is 0 Å². The molecule has 0 aliphatic rings. The Bertz CT molecular complexity index is 180. The third kappa shape index (κ3) is 5.54. The van der Waals surface area contributed by atoms with Crippen molar-refractivity contribution in [2.24, 2.45) is 0 Å². The lowest BCUT2D eigenvalue weighted by molar-refractivity contribution is -0.130. The molecule has 0 heterocycles. The summed E-state index contributed by atoms with van der Waals surface area (Å²) in [5, 5.41) is 3.01. The molecule has 1 amide bonds. The molecule has 0 aromatic heterocycles. The van der Waals surface area contributed by atoms with Gasteiger partial charge in [0.05, 0.1) is 0 Å². The van der Waals surface area contributed by atoms with Gasteiger partial charge >= 0.3 is 0 Å². The molecule has 0 aliphatic heterocycles. The fourth-order valence-corrected chi connectivity index (χ4v) is 1.16. The Morgan fingerprint density at radius 2 is 1.93 bits per heavy atom. The minimum absolute atomic E-state index is 0.167. The molecule has 0 bridgehead atoms. The van der Waals surface area contributed by atoms with E-state index in [0.29, 0.717) is 19.5 Å². The van der Waals surface area contributed by atoms with Crippen molar-refractivity contribution in [1.82, 2.24) is 10.2 Å². The number of hydrogen-bond acceptors (Lipinski definition) is 2. The van der Waals surface area contributed by atoms with Gasteiger partial charge in [0.15, 0.2) is 0 Å². The third-order valence-electron chi connectivity index (χ3n) is 1.87. The van der Waals surface area contributed by atoms with Gasteiger partial charge in [-0.05, 0) is 20.0 Å². The van der Waals surface area contributed by atoms with Crippen LogP contribution in [-0.2, 0) is 4.79 Å². The van der Waals surface area contributed by atoms with Gasteiger partial charge < -0.3 is 10.2 Å². The third-order valence-corrected chi connectivity index (χ3v) is 1.87. The summed E-state index contributed by atoms with van der Waals surface area (Å²) in [7, 11) is 1.88. The second kappa shape index (κ2) is 8.51. The van der Waals surface area contributed by atoms with E-state index in [1.165, 1.54) is 0 Å². The normalized spacial score (nSPS) is 9.50. The molecule has 0 radical (unpaired) electrons. The van der Waals surface area contributed by atoms with Crippen molar-refractivity contribution in [2.75, 3.05) is 26.7 Å². The topological polar surface area (TPSA) is 32.3 Å². The van der Waals surface area contributed by atoms with E-state index in [1.807, 2.05) is 7.05 Å². The second-order valence-electron chi connectivity index (χ2n) is 3.08. The van der Waals surface area contributed by atoms with E-state index >= 15 is 0 Å². The first-order valence-corrected chi connectivity index (χ1v) is 4.90. The highest BCUT2D eigenvalue weighted by atomic mass is 16.2. The lowest BCUT2D eigenvalue weighted by Crippen LogP contribution is -2.31. The Morgan fingerprint density at radius 1 is 1.36 bits per heavy atom. The highest BCUT2D eigenvalue weighted by molar-refractivity contribution is 5.76. The average molecular weight is 196 g/mol. The molecule has 0 rings (SSSR count). The maximum absolute atomic E-state index is 11.6. The molecule has 0 saturated carbocycles. The zero-order valence-corrected chi connectivity index (χ0v) is 8.96. The highest BCUT2D eigenvalue weighted by Gasteiger charge is 2.08. The zero-order chi connectivity index (χ0) is 10.8. The van der Waals surface area contributed by atoms with Gasteiger partial charge in [-0.15, -0.1) is 13.2 Å². The van der Waals surface area contributed by atoms with Gasteiger partial charge in [-0.2, -0.15) is 0 Å². The van der Waals surface area contributed by atoms with Crippen molar-refractivity contribution in [1.29, 1.82) is 0 Å². The molecule has 0 spiro atoms. The predicted molar refractivity (Wildman–Crippen MR) is 60.1 cm³/mol. The summed E-state index contributed by atoms with van der Waals surface area (Å²) in [4.78, 5) is 13.3. The smallest absolute Gasteiger partial charge is 0.223 e. The number of carbonyl (C=O) groups excluding carboxylic acids is 1. The highest BCUT2D eigenvalue weighted by Crippen LogP contribution is 1.98. The molecule has 14 heavy (non-hydrogen) atoms. The van der Waals surface area contributed by atoms with Crippen LogP contribution in [0.1, 0.15) is 12.8 Å². The molecule has 0 fully saturated rings. The summed E-state index contributed by atoms with van der Waals surface area (Å²) in [5.41, 5.74) is 0. The minimum Gasteiger partial charge on any atom is -0.335 e. The summed E-state index contributed by atoms with van der Waals surface area (Å²) in [6.07, 6.45) is 4.93. The average Bonchev–Trinajstić information content (AvgIpc) is 2.18. The molecule has 0 aliphatic carbocycles. The van der Waals surface area contributed by atoms with Crippen molar-refractivity contribution in [3.8, 4) is 0 Å². The zero-order valence-electron chi connectivity index (χ0n) is 8.96. The summed E-state index contributed by atoms with van der Waals surface area (Å²) >= 11 is 0. The van der Waals surface area contributed by atoms with Gasteiger partial charge in [-0.1, -0.05) is 12.2 Å². The van der Waals surface area contributed by atoms with E-state index in [1.54, 1.807) is 17.1 Å². The van der Waals surface area contributed by atoms with Gasteiger partial charge in [0.25, 0.3) is 0 Å². The van der Waals surface area contributed by atoms with Crippen LogP contribution >= 0.6 is 0 Å².